The molecule has 1 unspecified atom stereocenters. The number of aryl methyl sites for hydroxylation is 1. The Bertz CT molecular complexity index is 1810. The number of rotatable bonds is 11. The number of benzene rings is 1. The average Bonchev–Trinajstić information content (AvgIpc) is 3.85. The summed E-state index contributed by atoms with van der Waals surface area (Å²) >= 11 is 0. The van der Waals surface area contributed by atoms with E-state index in [2.05, 4.69) is 28.1 Å². The number of carbonyl (C=O) groups excluding carboxylic acids is 4. The zero-order valence-electron chi connectivity index (χ0n) is 35.6. The van der Waals surface area contributed by atoms with Crippen LogP contribution in [-0.2, 0) is 44.6 Å². The van der Waals surface area contributed by atoms with Gasteiger partial charge in [-0.2, -0.15) is 0 Å². The van der Waals surface area contributed by atoms with Crippen molar-refractivity contribution in [3.05, 3.63) is 36.5 Å². The Kier molecular flexibility index (Phi) is 13.1. The Balaban J connectivity index is 1.31. The molecule has 1 aromatic carbocycles. The van der Waals surface area contributed by atoms with Gasteiger partial charge >= 0.3 is 12.1 Å². The molecule has 0 radical (unpaired) electrons. The lowest BCUT2D eigenvalue weighted by Gasteiger charge is -2.46. The van der Waals surface area contributed by atoms with Crippen LogP contribution in [0.4, 0.5) is 9.18 Å². The van der Waals surface area contributed by atoms with Gasteiger partial charge in [0.05, 0.1) is 23.9 Å². The molecule has 6 rings (SSSR count). The number of esters is 1. The molecule has 1 aromatic heterocycles. The highest BCUT2D eigenvalue weighted by molar-refractivity contribution is 6.08. The lowest BCUT2D eigenvalue weighted by Crippen LogP contribution is -2.62. The van der Waals surface area contributed by atoms with E-state index in [4.69, 9.17) is 23.7 Å². The van der Waals surface area contributed by atoms with E-state index in [1.807, 2.05) is 25.3 Å². The van der Waals surface area contributed by atoms with Crippen molar-refractivity contribution in [1.29, 1.82) is 0 Å². The van der Waals surface area contributed by atoms with Crippen LogP contribution in [0, 0.1) is 17.8 Å². The first-order chi connectivity index (χ1) is 27.4. The standard InChI is InChI=1S/C44H64FN3O10/c1-10-33-44(8)36(48(41(53)58-44)21-14-13-20-47-22-19-29-15-11-12-16-32(29)47)27(4)34(49)25(2)24-42(6,54-9)38(28(5)37(51)43(7,45)40(52)56-33)57-39-35(50)31(23-26(3)55-39)46-30-17-18-30/h11-12,15-16,19,22,25-28,30-31,33,35-36,38-39,46,50H,10,13-14,17-18,20-21,23-24H2,1-9H3/t25-,26-,27+,28-,31+,33-,35+,36?,38-,39+,42-,43+,44-/m1/s1. The lowest BCUT2D eigenvalue weighted by atomic mass is 9.73. The van der Waals surface area contributed by atoms with Crippen LogP contribution in [-0.4, -0.2) is 118 Å². The number of fused-ring (bicyclic) bond motifs is 2. The first-order valence-corrected chi connectivity index (χ1v) is 21.2. The number of halogens is 1. The normalized spacial score (nSPS) is 39.3. The summed E-state index contributed by atoms with van der Waals surface area (Å²) in [6, 6.07) is 9.20. The third kappa shape index (κ3) is 8.59. The van der Waals surface area contributed by atoms with Crippen molar-refractivity contribution in [1.82, 2.24) is 14.8 Å². The van der Waals surface area contributed by atoms with E-state index < -0.39 is 83.1 Å². The highest BCUT2D eigenvalue weighted by Gasteiger charge is 2.61. The monoisotopic (exact) mass is 813 g/mol. The minimum atomic E-state index is -3.16. The van der Waals surface area contributed by atoms with Crippen LogP contribution in [0.3, 0.4) is 0 Å². The fourth-order valence-electron chi connectivity index (χ4n) is 9.84. The number of methoxy groups -OCH3 is 1. The number of ether oxygens (including phenoxy) is 5. The van der Waals surface area contributed by atoms with Gasteiger partial charge in [-0.25, -0.2) is 14.0 Å². The number of Topliss-reactive ketones (excluding diaryl/α,β-unsaturated/α-hetero) is 2. The molecule has 4 aliphatic rings. The molecule has 4 heterocycles. The second-order valence-corrected chi connectivity index (χ2v) is 17.9. The predicted molar refractivity (Wildman–Crippen MR) is 214 cm³/mol. The van der Waals surface area contributed by atoms with Crippen LogP contribution in [0.5, 0.6) is 0 Å². The topological polar surface area (TPSA) is 155 Å². The minimum absolute atomic E-state index is 0.0186. The van der Waals surface area contributed by atoms with E-state index in [1.54, 1.807) is 39.5 Å². The SMILES string of the molecule is CC[C@H]1OC(=O)[C@@](C)(F)C(=O)[C@@H](C)[C@@H](O[C@@H]2O[C@H](C)C[C@H](NC3CC3)[C@@H]2O)[C@](C)(OC)C[C@@H](C)C(=O)[C@H](C)C2N(CCCCn3ccc4ccccc43)C(=O)O[C@@]21C. The number of aliphatic hydroxyl groups is 1. The average molecular weight is 814 g/mol. The van der Waals surface area contributed by atoms with E-state index in [0.29, 0.717) is 19.4 Å². The summed E-state index contributed by atoms with van der Waals surface area (Å²) in [6.45, 7) is 13.6. The smallest absolute Gasteiger partial charge is 0.410 e. The third-order valence-electron chi connectivity index (χ3n) is 13.3. The Morgan fingerprint density at radius 3 is 2.34 bits per heavy atom. The van der Waals surface area contributed by atoms with Gasteiger partial charge in [-0.05, 0) is 90.2 Å². The largest absolute Gasteiger partial charge is 0.455 e. The van der Waals surface area contributed by atoms with Gasteiger partial charge in [-0.15, -0.1) is 0 Å². The van der Waals surface area contributed by atoms with Crippen LogP contribution >= 0.6 is 0 Å². The van der Waals surface area contributed by atoms with E-state index >= 15 is 4.39 Å². The number of unbranched alkanes of at least 4 members (excludes halogenated alkanes) is 1. The molecule has 0 spiro atoms. The van der Waals surface area contributed by atoms with Crippen molar-refractivity contribution in [2.45, 2.75) is 173 Å². The third-order valence-corrected chi connectivity index (χ3v) is 13.3. The highest BCUT2D eigenvalue weighted by atomic mass is 19.1. The number of para-hydroxylation sites is 1. The van der Waals surface area contributed by atoms with Crippen molar-refractivity contribution in [3.63, 3.8) is 0 Å². The molecule has 13 atom stereocenters. The number of nitrogens with one attached hydrogen (secondary N) is 1. The maximum absolute atomic E-state index is 16.9. The number of carbonyl (C=O) groups is 4. The van der Waals surface area contributed by atoms with Gasteiger partial charge in [0.1, 0.15) is 18.0 Å². The number of hydrogen-bond donors (Lipinski definition) is 2. The molecular formula is C44H64FN3O10. The van der Waals surface area contributed by atoms with Crippen molar-refractivity contribution in [2.75, 3.05) is 13.7 Å². The molecule has 1 amide bonds. The van der Waals surface area contributed by atoms with E-state index in [-0.39, 0.29) is 43.4 Å². The van der Waals surface area contributed by atoms with Gasteiger partial charge in [0, 0.05) is 61.8 Å². The number of cyclic esters (lactones) is 1. The maximum Gasteiger partial charge on any atom is 0.410 e. The second-order valence-electron chi connectivity index (χ2n) is 17.9. The van der Waals surface area contributed by atoms with Crippen molar-refractivity contribution in [2.24, 2.45) is 17.8 Å². The molecule has 13 nitrogen and oxygen atoms in total. The lowest BCUT2D eigenvalue weighted by molar-refractivity contribution is -0.290. The van der Waals surface area contributed by atoms with Gasteiger partial charge < -0.3 is 43.6 Å². The predicted octanol–water partition coefficient (Wildman–Crippen LogP) is 5.91. The summed E-state index contributed by atoms with van der Waals surface area (Å²) in [5.41, 5.74) is -5.05. The van der Waals surface area contributed by atoms with E-state index in [9.17, 15) is 24.3 Å². The number of nitrogens with zero attached hydrogens (tertiary/aromatic N) is 2. The zero-order valence-corrected chi connectivity index (χ0v) is 35.6. The molecule has 3 saturated heterocycles. The van der Waals surface area contributed by atoms with Crippen LogP contribution in [0.25, 0.3) is 10.9 Å². The van der Waals surface area contributed by atoms with Gasteiger partial charge in [0.2, 0.25) is 0 Å². The zero-order chi connectivity index (χ0) is 42.3. The van der Waals surface area contributed by atoms with Gasteiger partial charge in [0.25, 0.3) is 5.67 Å². The number of alkyl halides is 1. The molecule has 3 aliphatic heterocycles. The van der Waals surface area contributed by atoms with Crippen molar-refractivity contribution < 1.29 is 52.4 Å². The highest BCUT2D eigenvalue weighted by Crippen LogP contribution is 2.44. The van der Waals surface area contributed by atoms with Crippen LogP contribution in [0.1, 0.15) is 100 Å². The van der Waals surface area contributed by atoms with Gasteiger partial charge in [-0.3, -0.25) is 9.59 Å². The van der Waals surface area contributed by atoms with Gasteiger partial charge in [0.15, 0.2) is 17.7 Å². The summed E-state index contributed by atoms with van der Waals surface area (Å²) in [4.78, 5) is 58.3. The maximum atomic E-state index is 16.9. The van der Waals surface area contributed by atoms with E-state index in [1.165, 1.54) is 14.0 Å². The van der Waals surface area contributed by atoms with Gasteiger partial charge in [-0.1, -0.05) is 45.9 Å². The molecule has 1 aliphatic carbocycles. The van der Waals surface area contributed by atoms with Crippen molar-refractivity contribution in [3.8, 4) is 0 Å². The second kappa shape index (κ2) is 17.3. The summed E-state index contributed by atoms with van der Waals surface area (Å²) in [5, 5.41) is 16.1. The summed E-state index contributed by atoms with van der Waals surface area (Å²) in [5.74, 6) is -5.67. The Hall–Kier alpha value is -3.43. The molecular weight excluding hydrogens is 749 g/mol. The number of aromatic nitrogens is 1. The Labute approximate surface area is 341 Å². The molecule has 2 aromatic rings. The van der Waals surface area contributed by atoms with Crippen LogP contribution < -0.4 is 5.32 Å². The van der Waals surface area contributed by atoms with E-state index in [0.717, 1.165) is 37.1 Å². The molecule has 2 N–H and O–H groups in total. The first kappa shape index (κ1) is 44.1. The summed E-state index contributed by atoms with van der Waals surface area (Å²) in [7, 11) is 1.42. The summed E-state index contributed by atoms with van der Waals surface area (Å²) < 4.78 is 49.8. The summed E-state index contributed by atoms with van der Waals surface area (Å²) in [6.07, 6.45) is 0.163. The molecule has 58 heavy (non-hydrogen) atoms. The van der Waals surface area contributed by atoms with Crippen LogP contribution in [0.15, 0.2) is 36.5 Å². The molecule has 322 valence electrons. The fraction of sp³-hybridized carbons (Fsp3) is 0.727. The molecule has 4 fully saturated rings. The molecule has 14 heteroatoms. The fourth-order valence-corrected chi connectivity index (χ4v) is 9.84. The number of hydrogen-bond acceptors (Lipinski definition) is 11. The number of amides is 1. The minimum Gasteiger partial charge on any atom is -0.455 e. The molecule has 1 saturated carbocycles. The first-order valence-electron chi connectivity index (χ1n) is 21.2. The van der Waals surface area contributed by atoms with Crippen LogP contribution in [0.2, 0.25) is 0 Å². The Morgan fingerprint density at radius 1 is 0.983 bits per heavy atom. The molecule has 0 bridgehead atoms. The number of aliphatic hydroxyl groups excluding tert-OH is 1. The Morgan fingerprint density at radius 2 is 1.67 bits per heavy atom. The quantitative estimate of drug-likeness (QED) is 0.158. The number of ketones is 2. The van der Waals surface area contributed by atoms with Crippen molar-refractivity contribution >= 4 is 34.5 Å².